The second kappa shape index (κ2) is 6.27. The minimum absolute atomic E-state index is 0.0959. The average molecular weight is 304 g/mol. The lowest BCUT2D eigenvalue weighted by molar-refractivity contribution is 0.116. The van der Waals surface area contributed by atoms with E-state index in [0.29, 0.717) is 5.66 Å². The van der Waals surface area contributed by atoms with Crippen LogP contribution >= 0.6 is 9.24 Å². The van der Waals surface area contributed by atoms with Gasteiger partial charge < -0.3 is 15.2 Å². The summed E-state index contributed by atoms with van der Waals surface area (Å²) in [4.78, 5) is 4.37. The number of pyridine rings is 1. The third-order valence-corrected chi connectivity index (χ3v) is 4.74. The number of nitrogens with one attached hydrogen (secondary N) is 1. The Kier molecular flexibility index (Phi) is 4.39. The van der Waals surface area contributed by atoms with Crippen LogP contribution in [0.15, 0.2) is 30.5 Å². The summed E-state index contributed by atoms with van der Waals surface area (Å²) in [6.45, 7) is 0.929. The van der Waals surface area contributed by atoms with Crippen molar-refractivity contribution in [3.8, 4) is 5.75 Å². The molecule has 112 valence electrons. The molecule has 0 radical (unpaired) electrons. The zero-order chi connectivity index (χ0) is 14.8. The van der Waals surface area contributed by atoms with Crippen LogP contribution in [0.4, 0.5) is 0 Å². The van der Waals surface area contributed by atoms with E-state index in [2.05, 4.69) is 19.5 Å². The van der Waals surface area contributed by atoms with E-state index in [1.54, 1.807) is 13.3 Å². The molecule has 0 bridgehead atoms. The van der Waals surface area contributed by atoms with Gasteiger partial charge in [0.2, 0.25) is 0 Å². The van der Waals surface area contributed by atoms with Gasteiger partial charge in [0, 0.05) is 24.2 Å². The summed E-state index contributed by atoms with van der Waals surface area (Å²) in [5.74, 6) is 0.783. The fraction of sp³-hybridized carbons (Fsp3) is 0.438. The number of aliphatic hydroxyl groups is 1. The SMILES string of the molecule is COc1ccc2nccc([C@H](O)[C@H]3CC[C@H](P)CN3)c2c1. The summed E-state index contributed by atoms with van der Waals surface area (Å²) in [5.41, 5.74) is 2.40. The molecule has 4 atom stereocenters. The number of methoxy groups -OCH3 is 1. The molecule has 2 heterocycles. The molecule has 0 spiro atoms. The molecule has 1 aliphatic rings. The highest BCUT2D eigenvalue weighted by molar-refractivity contribution is 7.17. The molecule has 5 heteroatoms. The Morgan fingerprint density at radius 1 is 1.38 bits per heavy atom. The molecule has 21 heavy (non-hydrogen) atoms. The van der Waals surface area contributed by atoms with Crippen LogP contribution in [-0.2, 0) is 0 Å². The first kappa shape index (κ1) is 14.7. The molecule has 0 amide bonds. The zero-order valence-corrected chi connectivity index (χ0v) is 13.3. The summed E-state index contributed by atoms with van der Waals surface area (Å²) in [6, 6.07) is 7.77. The molecule has 2 N–H and O–H groups in total. The number of nitrogens with zero attached hydrogens (tertiary/aromatic N) is 1. The van der Waals surface area contributed by atoms with Gasteiger partial charge in [-0.05, 0) is 48.3 Å². The number of benzene rings is 1. The predicted octanol–water partition coefficient (Wildman–Crippen LogP) is 2.27. The van der Waals surface area contributed by atoms with Gasteiger partial charge in [-0.25, -0.2) is 0 Å². The molecule has 1 aromatic heterocycles. The van der Waals surface area contributed by atoms with Crippen LogP contribution < -0.4 is 10.1 Å². The molecule has 3 rings (SSSR count). The highest BCUT2D eigenvalue weighted by Crippen LogP contribution is 2.31. The molecule has 1 aliphatic heterocycles. The fourth-order valence-corrected chi connectivity index (χ4v) is 3.25. The quantitative estimate of drug-likeness (QED) is 0.854. The maximum atomic E-state index is 10.8. The third kappa shape index (κ3) is 3.03. The zero-order valence-electron chi connectivity index (χ0n) is 12.1. The number of ether oxygens (including phenoxy) is 1. The van der Waals surface area contributed by atoms with Crippen molar-refractivity contribution in [2.45, 2.75) is 30.6 Å². The third-order valence-electron chi connectivity index (χ3n) is 4.17. The van der Waals surface area contributed by atoms with Gasteiger partial charge in [-0.15, -0.1) is 9.24 Å². The highest BCUT2D eigenvalue weighted by Gasteiger charge is 2.26. The molecule has 4 nitrogen and oxygen atoms in total. The number of hydrogen-bond donors (Lipinski definition) is 2. The fourth-order valence-electron chi connectivity index (χ4n) is 2.92. The Hall–Kier alpha value is -1.22. The molecular weight excluding hydrogens is 283 g/mol. The summed E-state index contributed by atoms with van der Waals surface area (Å²) in [6.07, 6.45) is 3.32. The Morgan fingerprint density at radius 2 is 2.24 bits per heavy atom. The highest BCUT2D eigenvalue weighted by atomic mass is 31.0. The van der Waals surface area contributed by atoms with E-state index < -0.39 is 6.10 Å². The molecule has 1 fully saturated rings. The van der Waals surface area contributed by atoms with Crippen LogP contribution in [0, 0.1) is 0 Å². The second-order valence-corrected chi connectivity index (χ2v) is 6.52. The van der Waals surface area contributed by atoms with E-state index in [4.69, 9.17) is 4.74 Å². The first-order chi connectivity index (χ1) is 10.2. The van der Waals surface area contributed by atoms with Gasteiger partial charge in [-0.2, -0.15) is 0 Å². The van der Waals surface area contributed by atoms with Crippen molar-refractivity contribution in [3.05, 3.63) is 36.0 Å². The summed E-state index contributed by atoms with van der Waals surface area (Å²) < 4.78 is 5.29. The van der Waals surface area contributed by atoms with Crippen molar-refractivity contribution in [3.63, 3.8) is 0 Å². The molecular formula is C16H21N2O2P. The summed E-state index contributed by atoms with van der Waals surface area (Å²) in [7, 11) is 4.50. The average Bonchev–Trinajstić information content (AvgIpc) is 2.54. The van der Waals surface area contributed by atoms with Crippen LogP contribution in [0.25, 0.3) is 10.9 Å². The predicted molar refractivity (Wildman–Crippen MR) is 87.8 cm³/mol. The number of aromatic nitrogens is 1. The van der Waals surface area contributed by atoms with Crippen LogP contribution in [0.5, 0.6) is 5.75 Å². The number of fused-ring (bicyclic) bond motifs is 1. The number of rotatable bonds is 3. The second-order valence-electron chi connectivity index (χ2n) is 5.58. The van der Waals surface area contributed by atoms with Crippen LogP contribution in [0.3, 0.4) is 0 Å². The summed E-state index contributed by atoms with van der Waals surface area (Å²) >= 11 is 0. The monoisotopic (exact) mass is 304 g/mol. The van der Waals surface area contributed by atoms with Crippen molar-refractivity contribution in [2.75, 3.05) is 13.7 Å². The van der Waals surface area contributed by atoms with Crippen LogP contribution in [0.2, 0.25) is 0 Å². The Balaban J connectivity index is 1.95. The smallest absolute Gasteiger partial charge is 0.119 e. The van der Waals surface area contributed by atoms with Gasteiger partial charge in [0.15, 0.2) is 0 Å². The van der Waals surface area contributed by atoms with E-state index in [1.807, 2.05) is 24.3 Å². The van der Waals surface area contributed by atoms with Crippen molar-refractivity contribution in [1.29, 1.82) is 0 Å². The minimum atomic E-state index is -0.528. The largest absolute Gasteiger partial charge is 0.497 e. The van der Waals surface area contributed by atoms with Crippen molar-refractivity contribution >= 4 is 20.1 Å². The first-order valence-electron chi connectivity index (χ1n) is 7.28. The van der Waals surface area contributed by atoms with E-state index in [-0.39, 0.29) is 6.04 Å². The van der Waals surface area contributed by atoms with Gasteiger partial charge in [-0.1, -0.05) is 0 Å². The van der Waals surface area contributed by atoms with Gasteiger partial charge in [0.1, 0.15) is 5.75 Å². The van der Waals surface area contributed by atoms with Crippen molar-refractivity contribution in [2.24, 2.45) is 0 Å². The Bertz CT molecular complexity index is 627. The number of hydrogen-bond acceptors (Lipinski definition) is 4. The molecule has 1 unspecified atom stereocenters. The van der Waals surface area contributed by atoms with Crippen molar-refractivity contribution < 1.29 is 9.84 Å². The Labute approximate surface area is 127 Å². The lowest BCUT2D eigenvalue weighted by atomic mass is 9.93. The van der Waals surface area contributed by atoms with Gasteiger partial charge in [-0.3, -0.25) is 4.98 Å². The van der Waals surface area contributed by atoms with Gasteiger partial charge in [0.25, 0.3) is 0 Å². The lowest BCUT2D eigenvalue weighted by Crippen LogP contribution is -2.43. The lowest BCUT2D eigenvalue weighted by Gasteiger charge is -2.31. The molecule has 2 aromatic rings. The normalized spacial score (nSPS) is 24.0. The Morgan fingerprint density at radius 3 is 2.95 bits per heavy atom. The molecule has 1 saturated heterocycles. The van der Waals surface area contributed by atoms with Crippen LogP contribution in [-0.4, -0.2) is 35.4 Å². The van der Waals surface area contributed by atoms with Crippen LogP contribution in [0.1, 0.15) is 24.5 Å². The summed E-state index contributed by atoms with van der Waals surface area (Å²) in [5, 5.41) is 15.2. The van der Waals surface area contributed by atoms with Crippen molar-refractivity contribution in [1.82, 2.24) is 10.3 Å². The number of piperidine rings is 1. The minimum Gasteiger partial charge on any atom is -0.497 e. The maximum Gasteiger partial charge on any atom is 0.119 e. The van der Waals surface area contributed by atoms with E-state index in [1.165, 1.54) is 0 Å². The first-order valence-corrected chi connectivity index (χ1v) is 7.95. The van der Waals surface area contributed by atoms with E-state index >= 15 is 0 Å². The molecule has 0 saturated carbocycles. The van der Waals surface area contributed by atoms with E-state index in [0.717, 1.165) is 41.6 Å². The topological polar surface area (TPSA) is 54.4 Å². The standard InChI is InChI=1S/C16H21N2O2P/c1-20-10-2-4-14-13(8-10)12(6-7-17-14)16(19)15-5-3-11(21)9-18-15/h2,4,6-8,11,15-16,18-19H,3,5,9,21H2,1H3/t11-,15+,16-/m0/s1. The maximum absolute atomic E-state index is 10.8. The molecule has 1 aromatic carbocycles. The number of aliphatic hydroxyl groups excluding tert-OH is 1. The van der Waals surface area contributed by atoms with Gasteiger partial charge >= 0.3 is 0 Å². The van der Waals surface area contributed by atoms with E-state index in [9.17, 15) is 5.11 Å². The van der Waals surface area contributed by atoms with Gasteiger partial charge in [0.05, 0.1) is 18.7 Å². The molecule has 0 aliphatic carbocycles.